The van der Waals surface area contributed by atoms with Crippen molar-refractivity contribution < 1.29 is 28.5 Å². The van der Waals surface area contributed by atoms with Gasteiger partial charge in [-0.25, -0.2) is 14.6 Å². The fourth-order valence-electron chi connectivity index (χ4n) is 3.35. The van der Waals surface area contributed by atoms with Crippen LogP contribution in [-0.4, -0.2) is 79.5 Å². The van der Waals surface area contributed by atoms with Gasteiger partial charge in [0.1, 0.15) is 31.3 Å². The lowest BCUT2D eigenvalue weighted by Gasteiger charge is -2.25. The summed E-state index contributed by atoms with van der Waals surface area (Å²) in [5.41, 5.74) is -0.561. The van der Waals surface area contributed by atoms with E-state index >= 15 is 0 Å². The molecule has 0 bridgehead atoms. The molecular weight excluding hydrogens is 410 g/mol. The SMILES string of the molecule is C=N/C=N\N(C)c1ccn([C@@H]2O[C@H](COC(=O)[C@H](C)OC)[C@H]3OC(C)(C)O[C@H]32)c(=O)n1. The number of hydrogen-bond donors (Lipinski definition) is 0. The first-order chi connectivity index (χ1) is 14.7. The molecule has 2 saturated heterocycles. The maximum atomic E-state index is 12.7. The molecule has 0 unspecified atom stereocenters. The van der Waals surface area contributed by atoms with Crippen LogP contribution in [0.2, 0.25) is 0 Å². The van der Waals surface area contributed by atoms with Crippen LogP contribution in [0.4, 0.5) is 5.82 Å². The predicted molar refractivity (Wildman–Crippen MR) is 110 cm³/mol. The quantitative estimate of drug-likeness (QED) is 0.244. The van der Waals surface area contributed by atoms with Crippen LogP contribution in [0.5, 0.6) is 0 Å². The van der Waals surface area contributed by atoms with Crippen molar-refractivity contribution in [3.63, 3.8) is 0 Å². The molecule has 12 nitrogen and oxygen atoms in total. The van der Waals surface area contributed by atoms with Crippen LogP contribution < -0.4 is 10.7 Å². The summed E-state index contributed by atoms with van der Waals surface area (Å²) in [6, 6.07) is 1.61. The minimum Gasteiger partial charge on any atom is -0.461 e. The number of hydrogen-bond acceptors (Lipinski definition) is 10. The number of esters is 1. The van der Waals surface area contributed by atoms with Crippen LogP contribution >= 0.6 is 0 Å². The number of anilines is 1. The smallest absolute Gasteiger partial charge is 0.351 e. The number of hydrazone groups is 1. The molecule has 31 heavy (non-hydrogen) atoms. The lowest BCUT2D eigenvalue weighted by atomic mass is 10.1. The summed E-state index contributed by atoms with van der Waals surface area (Å²) >= 11 is 0. The van der Waals surface area contributed by atoms with Crippen molar-refractivity contribution in [2.24, 2.45) is 10.1 Å². The second-order valence-electron chi connectivity index (χ2n) is 7.55. The average Bonchev–Trinajstić information content (AvgIpc) is 3.22. The molecule has 1 aromatic rings. The largest absolute Gasteiger partial charge is 0.461 e. The summed E-state index contributed by atoms with van der Waals surface area (Å²) in [4.78, 5) is 32.2. The molecule has 0 spiro atoms. The Kier molecular flexibility index (Phi) is 6.84. The highest BCUT2D eigenvalue weighted by Gasteiger charge is 2.56. The summed E-state index contributed by atoms with van der Waals surface area (Å²) in [7, 11) is 3.04. The predicted octanol–water partition coefficient (Wildman–Crippen LogP) is 0.319. The minimum atomic E-state index is -0.886. The zero-order valence-electron chi connectivity index (χ0n) is 18.1. The van der Waals surface area contributed by atoms with Crippen LogP contribution in [0.15, 0.2) is 27.2 Å². The molecule has 12 heteroatoms. The second kappa shape index (κ2) is 9.22. The van der Waals surface area contributed by atoms with Crippen LogP contribution in [0.3, 0.4) is 0 Å². The summed E-state index contributed by atoms with van der Waals surface area (Å²) < 4.78 is 29.5. The molecule has 0 radical (unpaired) electrons. The standard InChI is InChI=1S/C19H27N5O7/c1-11(27-6)17(25)28-9-12-14-15(31-19(2,3)30-14)16(29-12)24-8-7-13(22-18(24)26)23(5)21-10-20-4/h7-8,10-12,14-16H,4,9H2,1-3,5-6H3/b21-10-/t11-,12+,14+,15+,16+/m0/s1. The van der Waals surface area contributed by atoms with Gasteiger partial charge in [0.15, 0.2) is 23.9 Å². The van der Waals surface area contributed by atoms with Gasteiger partial charge < -0.3 is 23.7 Å². The third kappa shape index (κ3) is 4.98. The Hall–Kier alpha value is -2.67. The molecule has 170 valence electrons. The molecule has 0 saturated carbocycles. The molecule has 2 aliphatic rings. The molecule has 5 atom stereocenters. The molecule has 3 rings (SSSR count). The van der Waals surface area contributed by atoms with Gasteiger partial charge in [0.25, 0.3) is 0 Å². The number of rotatable bonds is 8. The number of aliphatic imine (C=N–C) groups is 1. The Bertz CT molecular complexity index is 902. The Morgan fingerprint density at radius 3 is 2.81 bits per heavy atom. The zero-order chi connectivity index (χ0) is 22.8. The Labute approximate surface area is 179 Å². The molecule has 1 aromatic heterocycles. The third-order valence-corrected chi connectivity index (χ3v) is 4.93. The topological polar surface area (TPSA) is 126 Å². The van der Waals surface area contributed by atoms with Crippen molar-refractivity contribution in [3.8, 4) is 0 Å². The van der Waals surface area contributed by atoms with E-state index in [0.717, 1.165) is 0 Å². The van der Waals surface area contributed by atoms with Crippen molar-refractivity contribution in [1.29, 1.82) is 0 Å². The van der Waals surface area contributed by atoms with Gasteiger partial charge in [0.05, 0.1) is 0 Å². The number of aromatic nitrogens is 2. The molecule has 0 amide bonds. The summed E-state index contributed by atoms with van der Waals surface area (Å²) in [6.07, 6.45) is -0.515. The lowest BCUT2D eigenvalue weighted by Crippen LogP contribution is -2.35. The monoisotopic (exact) mass is 437 g/mol. The second-order valence-corrected chi connectivity index (χ2v) is 7.55. The molecule has 3 heterocycles. The van der Waals surface area contributed by atoms with Crippen LogP contribution in [-0.2, 0) is 28.5 Å². The Morgan fingerprint density at radius 2 is 2.16 bits per heavy atom. The van der Waals surface area contributed by atoms with Gasteiger partial charge in [-0.2, -0.15) is 10.1 Å². The van der Waals surface area contributed by atoms with E-state index in [1.165, 1.54) is 29.2 Å². The van der Waals surface area contributed by atoms with Gasteiger partial charge in [0, 0.05) is 20.4 Å². The van der Waals surface area contributed by atoms with Crippen molar-refractivity contribution in [2.75, 3.05) is 25.8 Å². The third-order valence-electron chi connectivity index (χ3n) is 4.93. The highest BCUT2D eigenvalue weighted by atomic mass is 16.8. The number of fused-ring (bicyclic) bond motifs is 1. The highest BCUT2D eigenvalue weighted by Crippen LogP contribution is 2.42. The van der Waals surface area contributed by atoms with Crippen molar-refractivity contribution in [2.45, 2.75) is 57.2 Å². The van der Waals surface area contributed by atoms with E-state index in [4.69, 9.17) is 23.7 Å². The average molecular weight is 437 g/mol. The van der Waals surface area contributed by atoms with Crippen molar-refractivity contribution in [1.82, 2.24) is 9.55 Å². The highest BCUT2D eigenvalue weighted by molar-refractivity contribution is 5.74. The van der Waals surface area contributed by atoms with Crippen LogP contribution in [0.1, 0.15) is 27.0 Å². The van der Waals surface area contributed by atoms with Crippen molar-refractivity contribution in [3.05, 3.63) is 22.7 Å². The van der Waals surface area contributed by atoms with Gasteiger partial charge in [-0.1, -0.05) is 0 Å². The maximum absolute atomic E-state index is 12.7. The van der Waals surface area contributed by atoms with Crippen LogP contribution in [0.25, 0.3) is 0 Å². The van der Waals surface area contributed by atoms with E-state index in [1.807, 2.05) is 0 Å². The number of ether oxygens (including phenoxy) is 5. The maximum Gasteiger partial charge on any atom is 0.351 e. The van der Waals surface area contributed by atoms with Gasteiger partial charge >= 0.3 is 11.7 Å². The van der Waals surface area contributed by atoms with E-state index in [0.29, 0.717) is 5.82 Å². The first-order valence-corrected chi connectivity index (χ1v) is 9.68. The van der Waals surface area contributed by atoms with E-state index in [-0.39, 0.29) is 6.61 Å². The number of nitrogens with zero attached hydrogens (tertiary/aromatic N) is 5. The summed E-state index contributed by atoms with van der Waals surface area (Å²) in [5.74, 6) is -1.09. The van der Waals surface area contributed by atoms with E-state index in [9.17, 15) is 9.59 Å². The summed E-state index contributed by atoms with van der Waals surface area (Å²) in [6.45, 7) is 8.35. The zero-order valence-corrected chi connectivity index (χ0v) is 18.1. The normalized spacial score (nSPS) is 27.8. The van der Waals surface area contributed by atoms with Crippen molar-refractivity contribution >= 4 is 24.8 Å². The lowest BCUT2D eigenvalue weighted by molar-refractivity contribution is -0.204. The van der Waals surface area contributed by atoms with Gasteiger partial charge in [-0.05, 0) is 33.6 Å². The fraction of sp³-hybridized carbons (Fsp3) is 0.632. The number of carbonyl (C=O) groups excluding carboxylic acids is 1. The molecule has 2 fully saturated rings. The van der Waals surface area contributed by atoms with E-state index in [1.54, 1.807) is 33.9 Å². The van der Waals surface area contributed by atoms with E-state index in [2.05, 4.69) is 21.8 Å². The Balaban J connectivity index is 1.81. The fourth-order valence-corrected chi connectivity index (χ4v) is 3.35. The molecular formula is C19H27N5O7. The molecule has 2 aliphatic heterocycles. The van der Waals surface area contributed by atoms with Gasteiger partial charge in [-0.3, -0.25) is 9.56 Å². The number of carbonyl (C=O) groups is 1. The number of methoxy groups -OCH3 is 1. The van der Waals surface area contributed by atoms with Gasteiger partial charge in [-0.15, -0.1) is 0 Å². The first kappa shape index (κ1) is 23.0. The van der Waals surface area contributed by atoms with Gasteiger partial charge in [0.2, 0.25) is 0 Å². The first-order valence-electron chi connectivity index (χ1n) is 9.68. The Morgan fingerprint density at radius 1 is 1.45 bits per heavy atom. The minimum absolute atomic E-state index is 0.0735. The molecule has 0 N–H and O–H groups in total. The molecule has 0 aliphatic carbocycles. The van der Waals surface area contributed by atoms with Crippen LogP contribution in [0, 0.1) is 0 Å². The molecule has 0 aromatic carbocycles. The summed E-state index contributed by atoms with van der Waals surface area (Å²) in [5, 5.41) is 5.35. The van der Waals surface area contributed by atoms with E-state index < -0.39 is 48.1 Å².